The van der Waals surface area contributed by atoms with Crippen molar-refractivity contribution in [2.45, 2.75) is 17.4 Å². The molecule has 0 aliphatic carbocycles. The molecule has 0 radical (unpaired) electrons. The first-order chi connectivity index (χ1) is 11.0. The van der Waals surface area contributed by atoms with Crippen molar-refractivity contribution in [3.8, 4) is 0 Å². The van der Waals surface area contributed by atoms with Crippen molar-refractivity contribution in [2.75, 3.05) is 13.1 Å². The van der Waals surface area contributed by atoms with Gasteiger partial charge in [0.1, 0.15) is 17.3 Å². The van der Waals surface area contributed by atoms with E-state index >= 15 is 0 Å². The molecule has 3 heterocycles. The van der Waals surface area contributed by atoms with Gasteiger partial charge in [0.25, 0.3) is 0 Å². The maximum Gasteiger partial charge on any atom is 0.246 e. The normalized spacial score (nSPS) is 18.8. The minimum absolute atomic E-state index is 0.130. The lowest BCUT2D eigenvalue weighted by molar-refractivity contribution is -0.124. The number of furan rings is 2. The second-order valence-electron chi connectivity index (χ2n) is 5.43. The highest BCUT2D eigenvalue weighted by Crippen LogP contribution is 2.21. The molecule has 7 heteroatoms. The number of sulfone groups is 1. The van der Waals surface area contributed by atoms with E-state index in [-0.39, 0.29) is 18.2 Å². The van der Waals surface area contributed by atoms with Gasteiger partial charge >= 0.3 is 0 Å². The molecule has 0 unspecified atom stereocenters. The maximum absolute atomic E-state index is 12.4. The van der Waals surface area contributed by atoms with Crippen LogP contribution in [0.3, 0.4) is 0 Å². The lowest BCUT2D eigenvalue weighted by Crippen LogP contribution is -2.31. The molecule has 1 fully saturated rings. The molecule has 1 amide bonds. The third-order valence-corrected chi connectivity index (χ3v) is 5.91. The number of hydrogen-bond donors (Lipinski definition) is 0. The van der Waals surface area contributed by atoms with E-state index in [0.29, 0.717) is 24.5 Å². The van der Waals surface area contributed by atoms with Gasteiger partial charge in [0.2, 0.25) is 5.91 Å². The molecular weight excluding hydrogens is 318 g/mol. The smallest absolute Gasteiger partial charge is 0.246 e. The molecule has 1 atom stereocenters. The van der Waals surface area contributed by atoms with Crippen molar-refractivity contribution in [3.63, 3.8) is 0 Å². The summed E-state index contributed by atoms with van der Waals surface area (Å²) >= 11 is 0. The lowest BCUT2D eigenvalue weighted by atomic mass is 10.3. The largest absolute Gasteiger partial charge is 0.468 e. The van der Waals surface area contributed by atoms with Gasteiger partial charge in [0.15, 0.2) is 9.84 Å². The number of nitrogens with zero attached hydrogens (tertiary/aromatic N) is 1. The Balaban J connectivity index is 1.60. The Kier molecular flexibility index (Phi) is 4.38. The third kappa shape index (κ3) is 3.73. The third-order valence-electron chi connectivity index (χ3n) is 3.82. The SMILES string of the molecule is O=C(/C=C/c1ccco1)N1CC[C@H](S(=O)(=O)Cc2ccco2)C1. The highest BCUT2D eigenvalue weighted by atomic mass is 32.2. The monoisotopic (exact) mass is 335 g/mol. The van der Waals surface area contributed by atoms with Gasteiger partial charge in [-0.25, -0.2) is 8.42 Å². The highest BCUT2D eigenvalue weighted by molar-refractivity contribution is 7.91. The van der Waals surface area contributed by atoms with Crippen molar-refractivity contribution in [3.05, 3.63) is 54.4 Å². The number of hydrogen-bond acceptors (Lipinski definition) is 5. The van der Waals surface area contributed by atoms with Crippen LogP contribution in [0.15, 0.2) is 51.7 Å². The van der Waals surface area contributed by atoms with Gasteiger partial charge in [0, 0.05) is 19.2 Å². The minimum Gasteiger partial charge on any atom is -0.468 e. The standard InChI is InChI=1S/C16H17NO5S/c18-16(6-5-13-3-1-9-21-13)17-8-7-15(11-17)23(19,20)12-14-4-2-10-22-14/h1-6,9-10,15H,7-8,11-12H2/b6-5+/t15-/m0/s1. The predicted molar refractivity (Wildman–Crippen MR) is 84.1 cm³/mol. The van der Waals surface area contributed by atoms with Crippen LogP contribution < -0.4 is 0 Å². The second kappa shape index (κ2) is 6.45. The minimum atomic E-state index is -3.34. The Morgan fingerprint density at radius 1 is 1.26 bits per heavy atom. The fourth-order valence-electron chi connectivity index (χ4n) is 2.58. The molecular formula is C16H17NO5S. The molecule has 6 nitrogen and oxygen atoms in total. The van der Waals surface area contributed by atoms with E-state index in [1.54, 1.807) is 35.2 Å². The van der Waals surface area contributed by atoms with Crippen LogP contribution in [0.2, 0.25) is 0 Å². The molecule has 0 saturated carbocycles. The molecule has 122 valence electrons. The Hall–Kier alpha value is -2.28. The summed E-state index contributed by atoms with van der Waals surface area (Å²) in [5.74, 6) is 0.665. The molecule has 1 saturated heterocycles. The van der Waals surface area contributed by atoms with Gasteiger partial charge in [-0.05, 0) is 36.8 Å². The van der Waals surface area contributed by atoms with Gasteiger partial charge in [0.05, 0.1) is 17.8 Å². The highest BCUT2D eigenvalue weighted by Gasteiger charge is 2.35. The lowest BCUT2D eigenvalue weighted by Gasteiger charge is -2.14. The van der Waals surface area contributed by atoms with E-state index in [4.69, 9.17) is 8.83 Å². The number of carbonyl (C=O) groups excluding carboxylic acids is 1. The first kappa shape index (κ1) is 15.6. The van der Waals surface area contributed by atoms with Crippen LogP contribution in [-0.2, 0) is 20.4 Å². The fraction of sp³-hybridized carbons (Fsp3) is 0.312. The fourth-order valence-corrected chi connectivity index (χ4v) is 4.25. The van der Waals surface area contributed by atoms with Gasteiger partial charge in [-0.1, -0.05) is 0 Å². The quantitative estimate of drug-likeness (QED) is 0.782. The summed E-state index contributed by atoms with van der Waals surface area (Å²) in [4.78, 5) is 13.7. The van der Waals surface area contributed by atoms with Crippen molar-refractivity contribution in [1.82, 2.24) is 4.90 Å². The molecule has 0 aromatic carbocycles. The molecule has 0 spiro atoms. The van der Waals surface area contributed by atoms with Crippen LogP contribution in [0.5, 0.6) is 0 Å². The number of carbonyl (C=O) groups is 1. The van der Waals surface area contributed by atoms with Crippen molar-refractivity contribution in [1.29, 1.82) is 0 Å². The molecule has 1 aliphatic rings. The molecule has 2 aromatic rings. The first-order valence-corrected chi connectivity index (χ1v) is 9.00. The topological polar surface area (TPSA) is 80.7 Å². The molecule has 2 aromatic heterocycles. The van der Waals surface area contributed by atoms with Gasteiger partial charge in [-0.15, -0.1) is 0 Å². The summed E-state index contributed by atoms with van der Waals surface area (Å²) in [5.41, 5.74) is 0. The summed E-state index contributed by atoms with van der Waals surface area (Å²) in [6.07, 6.45) is 6.41. The molecule has 3 rings (SSSR count). The number of rotatable bonds is 5. The first-order valence-electron chi connectivity index (χ1n) is 7.29. The van der Waals surface area contributed by atoms with E-state index in [0.717, 1.165) is 0 Å². The maximum atomic E-state index is 12.4. The van der Waals surface area contributed by atoms with E-state index in [1.165, 1.54) is 18.6 Å². The van der Waals surface area contributed by atoms with Gasteiger partial charge < -0.3 is 13.7 Å². The number of likely N-dealkylation sites (tertiary alicyclic amines) is 1. The van der Waals surface area contributed by atoms with E-state index in [1.807, 2.05) is 0 Å². The zero-order valence-corrected chi connectivity index (χ0v) is 13.2. The Morgan fingerprint density at radius 2 is 2.04 bits per heavy atom. The van der Waals surface area contributed by atoms with Crippen molar-refractivity contribution in [2.24, 2.45) is 0 Å². The predicted octanol–water partition coefficient (Wildman–Crippen LogP) is 2.10. The Bertz CT molecular complexity index is 775. The van der Waals surface area contributed by atoms with Crippen LogP contribution in [0.1, 0.15) is 17.9 Å². The average Bonchev–Trinajstić information content (AvgIpc) is 3.25. The Labute approximate surface area is 134 Å². The average molecular weight is 335 g/mol. The number of amides is 1. The Morgan fingerprint density at radius 3 is 2.74 bits per heavy atom. The molecule has 0 bridgehead atoms. The van der Waals surface area contributed by atoms with Gasteiger partial charge in [-0.3, -0.25) is 4.79 Å². The van der Waals surface area contributed by atoms with Crippen LogP contribution >= 0.6 is 0 Å². The molecule has 1 aliphatic heterocycles. The summed E-state index contributed by atoms with van der Waals surface area (Å²) in [6.45, 7) is 0.647. The zero-order valence-electron chi connectivity index (χ0n) is 12.4. The molecule has 23 heavy (non-hydrogen) atoms. The summed E-state index contributed by atoms with van der Waals surface area (Å²) < 4.78 is 35.0. The van der Waals surface area contributed by atoms with Crippen LogP contribution in [0.25, 0.3) is 6.08 Å². The zero-order chi connectivity index (χ0) is 16.3. The van der Waals surface area contributed by atoms with Gasteiger partial charge in [-0.2, -0.15) is 0 Å². The van der Waals surface area contributed by atoms with E-state index < -0.39 is 15.1 Å². The molecule has 0 N–H and O–H groups in total. The summed E-state index contributed by atoms with van der Waals surface area (Å²) in [6, 6.07) is 6.78. The second-order valence-corrected chi connectivity index (χ2v) is 7.71. The van der Waals surface area contributed by atoms with Crippen molar-refractivity contribution >= 4 is 21.8 Å². The van der Waals surface area contributed by atoms with Crippen LogP contribution in [0, 0.1) is 0 Å². The van der Waals surface area contributed by atoms with E-state index in [9.17, 15) is 13.2 Å². The summed E-state index contributed by atoms with van der Waals surface area (Å²) in [7, 11) is -3.34. The van der Waals surface area contributed by atoms with Crippen LogP contribution in [-0.4, -0.2) is 37.6 Å². The van der Waals surface area contributed by atoms with Crippen LogP contribution in [0.4, 0.5) is 0 Å². The summed E-state index contributed by atoms with van der Waals surface area (Å²) in [5, 5.41) is -0.548. The van der Waals surface area contributed by atoms with Crippen molar-refractivity contribution < 1.29 is 22.0 Å². The van der Waals surface area contributed by atoms with E-state index in [2.05, 4.69) is 0 Å².